The van der Waals surface area contributed by atoms with E-state index < -0.39 is 5.97 Å². The second kappa shape index (κ2) is 12.0. The molecule has 3 aliphatic rings. The van der Waals surface area contributed by atoms with Gasteiger partial charge in [-0.15, -0.1) is 24.8 Å². The molecule has 0 aromatic heterocycles. The van der Waals surface area contributed by atoms with Gasteiger partial charge in [0, 0.05) is 32.2 Å². The van der Waals surface area contributed by atoms with Crippen LogP contribution >= 0.6 is 24.8 Å². The van der Waals surface area contributed by atoms with E-state index in [2.05, 4.69) is 20.4 Å². The normalized spacial score (nSPS) is 24.1. The summed E-state index contributed by atoms with van der Waals surface area (Å²) in [5.74, 6) is 0.864. The second-order valence-corrected chi connectivity index (χ2v) is 7.41. The maximum atomic E-state index is 11.6. The molecule has 1 unspecified atom stereocenters. The fourth-order valence-corrected chi connectivity index (χ4v) is 4.66. The van der Waals surface area contributed by atoms with Gasteiger partial charge in [-0.25, -0.2) is 9.59 Å². The number of aliphatic carboxylic acids is 1. The van der Waals surface area contributed by atoms with Crippen molar-refractivity contribution in [1.82, 2.24) is 20.4 Å². The number of halogens is 2. The summed E-state index contributed by atoms with van der Waals surface area (Å²) < 4.78 is 0. The van der Waals surface area contributed by atoms with Crippen LogP contribution in [0.3, 0.4) is 0 Å². The van der Waals surface area contributed by atoms with Crippen LogP contribution in [0, 0.1) is 5.92 Å². The fourth-order valence-electron chi connectivity index (χ4n) is 4.66. The van der Waals surface area contributed by atoms with Crippen LogP contribution in [0.15, 0.2) is 5.57 Å². The van der Waals surface area contributed by atoms with Crippen LogP contribution in [0.4, 0.5) is 0 Å². The lowest BCUT2D eigenvalue weighted by atomic mass is 9.84. The van der Waals surface area contributed by atoms with Crippen molar-refractivity contribution >= 4 is 36.7 Å². The number of nitrogens with one attached hydrogen (secondary N) is 2. The molecule has 0 aliphatic carbocycles. The van der Waals surface area contributed by atoms with Crippen molar-refractivity contribution in [3.05, 3.63) is 5.57 Å². The van der Waals surface area contributed by atoms with Gasteiger partial charge >= 0.3 is 5.97 Å². The van der Waals surface area contributed by atoms with E-state index >= 15 is 0 Å². The van der Waals surface area contributed by atoms with Gasteiger partial charge < -0.3 is 15.7 Å². The summed E-state index contributed by atoms with van der Waals surface area (Å²) in [6, 6.07) is 0.341. The molecule has 9 heteroatoms. The van der Waals surface area contributed by atoms with Gasteiger partial charge in [-0.05, 0) is 57.8 Å². The van der Waals surface area contributed by atoms with Gasteiger partial charge in [-0.3, -0.25) is 9.80 Å². The predicted octanol–water partition coefficient (Wildman–Crippen LogP) is 0.410. The Balaban J connectivity index is 0.00000182. The lowest BCUT2D eigenvalue weighted by molar-refractivity contribution is -0.133. The number of carboxylic acids is 1. The molecule has 0 bridgehead atoms. The number of hydrogen-bond donors (Lipinski definition) is 3. The quantitative estimate of drug-likeness (QED) is 0.436. The third kappa shape index (κ3) is 6.16. The summed E-state index contributed by atoms with van der Waals surface area (Å²) in [6.45, 7) is 7.52. The number of carbonyl (C=O) groups is 1. The number of piperidine rings is 2. The monoisotopic (exact) mass is 422 g/mol. The molecule has 3 aliphatic heterocycles. The third-order valence-electron chi connectivity index (χ3n) is 6.03. The van der Waals surface area contributed by atoms with Crippen LogP contribution in [-0.2, 0) is 9.59 Å². The summed E-state index contributed by atoms with van der Waals surface area (Å²) in [5, 5.41) is 16.2. The van der Waals surface area contributed by atoms with Crippen molar-refractivity contribution in [2.24, 2.45) is 5.92 Å². The SMILES string of the molecule is Cl.Cl.O=C=C(C(=O)O)C(C1CCNCC1)N1CCN(C2CCNCC2)CC1. The predicted molar refractivity (Wildman–Crippen MR) is 110 cm³/mol. The highest BCUT2D eigenvalue weighted by molar-refractivity contribution is 5.96. The molecular formula is C18H32Cl2N4O3. The Labute approximate surface area is 173 Å². The van der Waals surface area contributed by atoms with Crippen molar-refractivity contribution in [3.63, 3.8) is 0 Å². The van der Waals surface area contributed by atoms with Crippen LogP contribution in [-0.4, -0.2) is 91.3 Å². The molecule has 0 spiro atoms. The lowest BCUT2D eigenvalue weighted by Gasteiger charge is -2.45. The molecule has 0 amide bonds. The highest BCUT2D eigenvalue weighted by atomic mass is 35.5. The topological polar surface area (TPSA) is 84.9 Å². The first-order valence-corrected chi connectivity index (χ1v) is 9.58. The highest BCUT2D eigenvalue weighted by Crippen LogP contribution is 2.27. The maximum Gasteiger partial charge on any atom is 0.344 e. The zero-order valence-electron chi connectivity index (χ0n) is 15.7. The molecule has 1 atom stereocenters. The molecule has 3 saturated heterocycles. The van der Waals surface area contributed by atoms with Gasteiger partial charge in [0.1, 0.15) is 11.5 Å². The molecule has 156 valence electrons. The van der Waals surface area contributed by atoms with E-state index in [1.165, 1.54) is 12.8 Å². The second-order valence-electron chi connectivity index (χ2n) is 7.41. The van der Waals surface area contributed by atoms with E-state index in [9.17, 15) is 14.7 Å². The molecule has 3 heterocycles. The average molecular weight is 423 g/mol. The number of hydrogen-bond acceptors (Lipinski definition) is 6. The standard InChI is InChI=1S/C18H30N4O3.2ClH/c23-13-16(18(24)25)17(14-1-5-19-6-2-14)22-11-9-21(10-12-22)15-3-7-20-8-4-15;;/h14-15,17,19-20H,1-12H2,(H,24,25);2*1H. The molecule has 3 N–H and O–H groups in total. The summed E-state index contributed by atoms with van der Waals surface area (Å²) in [7, 11) is 0. The van der Waals surface area contributed by atoms with Crippen LogP contribution < -0.4 is 10.6 Å². The lowest BCUT2D eigenvalue weighted by Crippen LogP contribution is -2.57. The first-order valence-electron chi connectivity index (χ1n) is 9.58. The minimum absolute atomic E-state index is 0. The van der Waals surface area contributed by atoms with Gasteiger partial charge in [-0.1, -0.05) is 0 Å². The molecule has 0 aromatic rings. The Bertz CT molecular complexity index is 511. The number of carboxylic acid groups (broad SMARTS) is 1. The van der Waals surface area contributed by atoms with E-state index in [0.29, 0.717) is 6.04 Å². The molecule has 0 aromatic carbocycles. The zero-order chi connectivity index (χ0) is 17.6. The Morgan fingerprint density at radius 1 is 0.926 bits per heavy atom. The van der Waals surface area contributed by atoms with Crippen molar-refractivity contribution in [2.45, 2.75) is 37.8 Å². The summed E-state index contributed by atoms with van der Waals surface area (Å²) in [4.78, 5) is 27.8. The van der Waals surface area contributed by atoms with E-state index in [1.54, 1.807) is 5.94 Å². The third-order valence-corrected chi connectivity index (χ3v) is 6.03. The molecule has 7 nitrogen and oxygen atoms in total. The first kappa shape index (κ1) is 24.4. The highest BCUT2D eigenvalue weighted by Gasteiger charge is 2.37. The van der Waals surface area contributed by atoms with E-state index in [1.807, 2.05) is 0 Å². The summed E-state index contributed by atoms with van der Waals surface area (Å²) >= 11 is 0. The van der Waals surface area contributed by atoms with Crippen LogP contribution in [0.2, 0.25) is 0 Å². The van der Waals surface area contributed by atoms with Crippen LogP contribution in [0.1, 0.15) is 25.7 Å². The zero-order valence-corrected chi connectivity index (χ0v) is 17.3. The molecule has 3 fully saturated rings. The summed E-state index contributed by atoms with van der Waals surface area (Å²) in [5.41, 5.74) is -0.0813. The van der Waals surface area contributed by atoms with Gasteiger partial charge in [0.25, 0.3) is 0 Å². The molecule has 27 heavy (non-hydrogen) atoms. The number of piperazine rings is 1. The Morgan fingerprint density at radius 2 is 1.44 bits per heavy atom. The van der Waals surface area contributed by atoms with E-state index in [4.69, 9.17) is 0 Å². The van der Waals surface area contributed by atoms with Crippen molar-refractivity contribution in [3.8, 4) is 0 Å². The molecule has 3 rings (SSSR count). The number of nitrogens with zero attached hydrogens (tertiary/aromatic N) is 2. The minimum atomic E-state index is -1.11. The summed E-state index contributed by atoms with van der Waals surface area (Å²) in [6.07, 6.45) is 4.20. The largest absolute Gasteiger partial charge is 0.477 e. The van der Waals surface area contributed by atoms with Crippen molar-refractivity contribution < 1.29 is 14.7 Å². The Kier molecular flexibility index (Phi) is 10.9. The van der Waals surface area contributed by atoms with Gasteiger partial charge in [0.05, 0.1) is 6.04 Å². The first-order chi connectivity index (χ1) is 12.2. The average Bonchev–Trinajstić information content (AvgIpc) is 2.67. The maximum absolute atomic E-state index is 11.6. The Hall–Kier alpha value is -0.660. The molecular weight excluding hydrogens is 391 g/mol. The fraction of sp³-hybridized carbons (Fsp3) is 0.833. The van der Waals surface area contributed by atoms with Crippen LogP contribution in [0.25, 0.3) is 0 Å². The molecule has 0 radical (unpaired) electrons. The van der Waals surface area contributed by atoms with Crippen molar-refractivity contribution in [1.29, 1.82) is 0 Å². The van der Waals surface area contributed by atoms with E-state index in [0.717, 1.165) is 65.2 Å². The van der Waals surface area contributed by atoms with Gasteiger partial charge in [-0.2, -0.15) is 0 Å². The van der Waals surface area contributed by atoms with Crippen molar-refractivity contribution in [2.75, 3.05) is 52.4 Å². The van der Waals surface area contributed by atoms with E-state index in [-0.39, 0.29) is 42.3 Å². The number of rotatable bonds is 5. The Morgan fingerprint density at radius 3 is 1.93 bits per heavy atom. The van der Waals surface area contributed by atoms with Gasteiger partial charge in [0.2, 0.25) is 0 Å². The molecule has 0 saturated carbocycles. The smallest absolute Gasteiger partial charge is 0.344 e. The van der Waals surface area contributed by atoms with Gasteiger partial charge in [0.15, 0.2) is 0 Å². The minimum Gasteiger partial charge on any atom is -0.477 e. The van der Waals surface area contributed by atoms with Crippen LogP contribution in [0.5, 0.6) is 0 Å². The number of carbonyl (C=O) groups excluding carboxylic acids is 1.